The van der Waals surface area contributed by atoms with Crippen LogP contribution in [0.25, 0.3) is 0 Å². The maximum absolute atomic E-state index is 11.2. The molecule has 2 aromatic carbocycles. The molecule has 0 amide bonds. The zero-order valence-corrected chi connectivity index (χ0v) is 12.2. The first-order chi connectivity index (χ1) is 9.67. The lowest BCUT2D eigenvalue weighted by atomic mass is 9.83. The topological polar surface area (TPSA) is 20.2 Å². The number of aryl methyl sites for hydroxylation is 1. The molecule has 2 aromatic rings. The lowest BCUT2D eigenvalue weighted by Gasteiger charge is -2.29. The van der Waals surface area contributed by atoms with Gasteiger partial charge in [-0.15, -0.1) is 0 Å². The lowest BCUT2D eigenvalue weighted by Crippen LogP contribution is -2.28. The van der Waals surface area contributed by atoms with Gasteiger partial charge in [0.05, 0.1) is 5.60 Å². The predicted octanol–water partition coefficient (Wildman–Crippen LogP) is 4.50. The molecule has 0 saturated carbocycles. The van der Waals surface area contributed by atoms with Crippen LogP contribution < -0.4 is 0 Å². The number of halogens is 1. The molecule has 1 N–H and O–H groups in total. The third-order valence-corrected chi connectivity index (χ3v) is 4.43. The smallest absolute Gasteiger partial charge is 0.0939 e. The molecule has 0 aliphatic heterocycles. The SMILES string of the molecule is OC1(Cc2cccc(Cl)c2)CCCCc2ccccc21. The van der Waals surface area contributed by atoms with Gasteiger partial charge in [0.25, 0.3) is 0 Å². The summed E-state index contributed by atoms with van der Waals surface area (Å²) in [6.45, 7) is 0. The number of hydrogen-bond acceptors (Lipinski definition) is 1. The molecule has 0 fully saturated rings. The van der Waals surface area contributed by atoms with Crippen LogP contribution in [-0.2, 0) is 18.4 Å². The van der Waals surface area contributed by atoms with Crippen molar-refractivity contribution in [1.82, 2.24) is 0 Å². The van der Waals surface area contributed by atoms with Crippen molar-refractivity contribution in [1.29, 1.82) is 0 Å². The van der Waals surface area contributed by atoms with E-state index in [2.05, 4.69) is 18.2 Å². The summed E-state index contributed by atoms with van der Waals surface area (Å²) >= 11 is 6.06. The van der Waals surface area contributed by atoms with E-state index in [0.717, 1.165) is 41.8 Å². The number of benzene rings is 2. The van der Waals surface area contributed by atoms with Crippen LogP contribution in [0.5, 0.6) is 0 Å². The molecule has 0 bridgehead atoms. The zero-order valence-electron chi connectivity index (χ0n) is 11.5. The molecule has 0 spiro atoms. The van der Waals surface area contributed by atoms with Gasteiger partial charge >= 0.3 is 0 Å². The van der Waals surface area contributed by atoms with Gasteiger partial charge in [-0.2, -0.15) is 0 Å². The Bertz CT molecular complexity index is 608. The summed E-state index contributed by atoms with van der Waals surface area (Å²) in [6, 6.07) is 16.1. The Morgan fingerprint density at radius 2 is 1.90 bits per heavy atom. The van der Waals surface area contributed by atoms with E-state index < -0.39 is 5.60 Å². The third-order valence-electron chi connectivity index (χ3n) is 4.19. The van der Waals surface area contributed by atoms with Gasteiger partial charge in [-0.25, -0.2) is 0 Å². The second-order valence-corrected chi connectivity index (χ2v) is 6.14. The Labute approximate surface area is 125 Å². The molecule has 0 saturated heterocycles. The van der Waals surface area contributed by atoms with Crippen LogP contribution in [0, 0.1) is 0 Å². The van der Waals surface area contributed by atoms with Crippen molar-refractivity contribution in [2.75, 3.05) is 0 Å². The van der Waals surface area contributed by atoms with E-state index in [1.165, 1.54) is 5.56 Å². The fraction of sp³-hybridized carbons (Fsp3) is 0.333. The van der Waals surface area contributed by atoms with Crippen LogP contribution in [0.4, 0.5) is 0 Å². The van der Waals surface area contributed by atoms with Crippen molar-refractivity contribution in [2.24, 2.45) is 0 Å². The van der Waals surface area contributed by atoms with Crippen LogP contribution >= 0.6 is 11.6 Å². The Kier molecular flexibility index (Phi) is 3.82. The average Bonchev–Trinajstić information content (AvgIpc) is 2.59. The fourth-order valence-electron chi connectivity index (χ4n) is 3.23. The van der Waals surface area contributed by atoms with E-state index in [1.807, 2.05) is 30.3 Å². The van der Waals surface area contributed by atoms with E-state index in [4.69, 9.17) is 11.6 Å². The maximum Gasteiger partial charge on any atom is 0.0939 e. The summed E-state index contributed by atoms with van der Waals surface area (Å²) in [5.74, 6) is 0. The van der Waals surface area contributed by atoms with E-state index in [0.29, 0.717) is 6.42 Å². The summed E-state index contributed by atoms with van der Waals surface area (Å²) in [6.07, 6.45) is 4.72. The van der Waals surface area contributed by atoms with Gasteiger partial charge in [0.1, 0.15) is 0 Å². The monoisotopic (exact) mass is 286 g/mol. The first-order valence-electron chi connectivity index (χ1n) is 7.23. The molecule has 1 unspecified atom stereocenters. The summed E-state index contributed by atoms with van der Waals surface area (Å²) in [5.41, 5.74) is 2.71. The minimum atomic E-state index is -0.766. The Balaban J connectivity index is 1.98. The maximum atomic E-state index is 11.2. The Morgan fingerprint density at radius 3 is 2.75 bits per heavy atom. The number of fused-ring (bicyclic) bond motifs is 1. The molecule has 0 heterocycles. The van der Waals surface area contributed by atoms with Crippen molar-refractivity contribution in [3.63, 3.8) is 0 Å². The van der Waals surface area contributed by atoms with Gasteiger partial charge < -0.3 is 5.11 Å². The summed E-state index contributed by atoms with van der Waals surface area (Å²) < 4.78 is 0. The molecule has 20 heavy (non-hydrogen) atoms. The highest BCUT2D eigenvalue weighted by Crippen LogP contribution is 2.37. The Hall–Kier alpha value is -1.31. The minimum Gasteiger partial charge on any atom is -0.385 e. The van der Waals surface area contributed by atoms with E-state index in [1.54, 1.807) is 0 Å². The zero-order chi connectivity index (χ0) is 14.0. The van der Waals surface area contributed by atoms with Gasteiger partial charge in [-0.1, -0.05) is 48.0 Å². The lowest BCUT2D eigenvalue weighted by molar-refractivity contribution is 0.0272. The first-order valence-corrected chi connectivity index (χ1v) is 7.60. The summed E-state index contributed by atoms with van der Waals surface area (Å²) in [4.78, 5) is 0. The van der Waals surface area contributed by atoms with Gasteiger partial charge in [0.15, 0.2) is 0 Å². The largest absolute Gasteiger partial charge is 0.385 e. The van der Waals surface area contributed by atoms with Gasteiger partial charge in [-0.3, -0.25) is 0 Å². The highest BCUT2D eigenvalue weighted by Gasteiger charge is 2.32. The van der Waals surface area contributed by atoms with Crippen LogP contribution in [0.1, 0.15) is 36.0 Å². The molecule has 1 aliphatic rings. The predicted molar refractivity (Wildman–Crippen MR) is 83.0 cm³/mol. The Morgan fingerprint density at radius 1 is 1.05 bits per heavy atom. The second kappa shape index (κ2) is 5.59. The summed E-state index contributed by atoms with van der Waals surface area (Å²) in [7, 11) is 0. The van der Waals surface area contributed by atoms with Crippen LogP contribution in [0.3, 0.4) is 0 Å². The van der Waals surface area contributed by atoms with Crippen molar-refractivity contribution in [3.05, 3.63) is 70.2 Å². The standard InChI is InChI=1S/C18H19ClO/c19-16-9-5-6-14(12-16)13-18(20)11-4-3-8-15-7-1-2-10-17(15)18/h1-2,5-7,9-10,12,20H,3-4,8,11,13H2. The number of rotatable bonds is 2. The molecule has 0 aromatic heterocycles. The van der Waals surface area contributed by atoms with Crippen LogP contribution in [-0.4, -0.2) is 5.11 Å². The van der Waals surface area contributed by atoms with E-state index in [-0.39, 0.29) is 0 Å². The minimum absolute atomic E-state index is 0.630. The second-order valence-electron chi connectivity index (χ2n) is 5.70. The molecule has 1 nitrogen and oxygen atoms in total. The van der Waals surface area contributed by atoms with Crippen LogP contribution in [0.2, 0.25) is 5.02 Å². The molecular formula is C18H19ClO. The number of hydrogen-bond donors (Lipinski definition) is 1. The molecule has 2 heteroatoms. The number of aliphatic hydroxyl groups is 1. The van der Waals surface area contributed by atoms with Gasteiger partial charge in [0.2, 0.25) is 0 Å². The molecule has 1 aliphatic carbocycles. The molecule has 104 valence electrons. The molecule has 3 rings (SSSR count). The average molecular weight is 287 g/mol. The quantitative estimate of drug-likeness (QED) is 0.806. The van der Waals surface area contributed by atoms with Gasteiger partial charge in [-0.05, 0) is 54.5 Å². The van der Waals surface area contributed by atoms with Crippen LogP contribution in [0.15, 0.2) is 48.5 Å². The molecular weight excluding hydrogens is 268 g/mol. The summed E-state index contributed by atoms with van der Waals surface area (Å²) in [5, 5.41) is 11.9. The third kappa shape index (κ3) is 2.74. The molecule has 0 radical (unpaired) electrons. The highest BCUT2D eigenvalue weighted by atomic mass is 35.5. The van der Waals surface area contributed by atoms with E-state index >= 15 is 0 Å². The van der Waals surface area contributed by atoms with Crippen molar-refractivity contribution in [3.8, 4) is 0 Å². The van der Waals surface area contributed by atoms with Gasteiger partial charge in [0, 0.05) is 11.4 Å². The van der Waals surface area contributed by atoms with Crippen molar-refractivity contribution >= 4 is 11.6 Å². The normalized spacial score (nSPS) is 22.1. The fourth-order valence-corrected chi connectivity index (χ4v) is 3.44. The van der Waals surface area contributed by atoms with E-state index in [9.17, 15) is 5.11 Å². The first kappa shape index (κ1) is 13.7. The van der Waals surface area contributed by atoms with Crippen molar-refractivity contribution < 1.29 is 5.11 Å². The van der Waals surface area contributed by atoms with Crippen molar-refractivity contribution in [2.45, 2.75) is 37.7 Å². The highest BCUT2D eigenvalue weighted by molar-refractivity contribution is 6.30. The molecule has 1 atom stereocenters.